The lowest BCUT2D eigenvalue weighted by Crippen LogP contribution is -2.37. The van der Waals surface area contributed by atoms with Crippen molar-refractivity contribution in [2.45, 2.75) is 58.5 Å². The first-order chi connectivity index (χ1) is 9.97. The van der Waals surface area contributed by atoms with Crippen molar-refractivity contribution in [3.8, 4) is 0 Å². The Morgan fingerprint density at radius 1 is 1.38 bits per heavy atom. The van der Waals surface area contributed by atoms with Crippen LogP contribution in [0.4, 0.5) is 11.4 Å². The Labute approximate surface area is 126 Å². The first-order valence-corrected chi connectivity index (χ1v) is 7.73. The van der Waals surface area contributed by atoms with Gasteiger partial charge in [-0.25, -0.2) is 0 Å². The Hall–Kier alpha value is -1.62. The van der Waals surface area contributed by atoms with Gasteiger partial charge in [0.2, 0.25) is 0 Å². The van der Waals surface area contributed by atoms with Crippen LogP contribution in [0.25, 0.3) is 0 Å². The first kappa shape index (κ1) is 15.8. The molecule has 1 heterocycles. The Morgan fingerprint density at radius 2 is 2.14 bits per heavy atom. The van der Waals surface area contributed by atoms with Crippen LogP contribution in [0.1, 0.15) is 43.7 Å². The summed E-state index contributed by atoms with van der Waals surface area (Å²) in [4.78, 5) is 10.6. The van der Waals surface area contributed by atoms with Crippen LogP contribution in [0.2, 0.25) is 0 Å². The summed E-state index contributed by atoms with van der Waals surface area (Å²) >= 11 is 0. The van der Waals surface area contributed by atoms with Crippen molar-refractivity contribution in [1.82, 2.24) is 5.32 Å². The average Bonchev–Trinajstić information content (AvgIpc) is 2.43. The summed E-state index contributed by atoms with van der Waals surface area (Å²) in [5.74, 6) is 0. The molecule has 5 nitrogen and oxygen atoms in total. The monoisotopic (exact) mass is 291 g/mol. The van der Waals surface area contributed by atoms with Crippen LogP contribution in [0.3, 0.4) is 0 Å². The summed E-state index contributed by atoms with van der Waals surface area (Å²) in [6.07, 6.45) is 4.90. The molecule has 0 amide bonds. The van der Waals surface area contributed by atoms with E-state index >= 15 is 0 Å². The van der Waals surface area contributed by atoms with Crippen molar-refractivity contribution >= 4 is 11.4 Å². The van der Waals surface area contributed by atoms with Crippen LogP contribution in [-0.2, 0) is 0 Å². The predicted octanol–water partition coefficient (Wildman–Crippen LogP) is 3.54. The van der Waals surface area contributed by atoms with E-state index in [1.54, 1.807) is 13.0 Å². The van der Waals surface area contributed by atoms with Crippen LogP contribution >= 0.6 is 0 Å². The minimum Gasteiger partial charge on any atom is -0.382 e. The highest BCUT2D eigenvalue weighted by Crippen LogP contribution is 2.27. The zero-order chi connectivity index (χ0) is 15.4. The number of nitro benzene ring substituents is 1. The zero-order valence-corrected chi connectivity index (χ0v) is 13.1. The van der Waals surface area contributed by atoms with Crippen LogP contribution < -0.4 is 10.6 Å². The maximum atomic E-state index is 10.9. The minimum absolute atomic E-state index is 0.194. The number of nitrogens with one attached hydrogen (secondary N) is 2. The molecule has 0 bridgehead atoms. The number of rotatable bonds is 5. The number of benzene rings is 1. The van der Waals surface area contributed by atoms with Gasteiger partial charge in [0.1, 0.15) is 0 Å². The fourth-order valence-electron chi connectivity index (χ4n) is 3.03. The first-order valence-electron chi connectivity index (χ1n) is 7.73. The summed E-state index contributed by atoms with van der Waals surface area (Å²) in [6, 6.07) is 4.47. The van der Waals surface area contributed by atoms with Gasteiger partial charge in [0.25, 0.3) is 5.69 Å². The molecule has 0 saturated carbocycles. The Balaban J connectivity index is 2.01. The lowest BCUT2D eigenvalue weighted by atomic mass is 9.98. The number of hydrogen-bond acceptors (Lipinski definition) is 4. The van der Waals surface area contributed by atoms with Crippen molar-refractivity contribution in [1.29, 1.82) is 0 Å². The molecule has 5 heteroatoms. The van der Waals surface area contributed by atoms with Gasteiger partial charge in [0.15, 0.2) is 0 Å². The highest BCUT2D eigenvalue weighted by molar-refractivity contribution is 5.59. The van der Waals surface area contributed by atoms with Gasteiger partial charge >= 0.3 is 0 Å². The van der Waals surface area contributed by atoms with Gasteiger partial charge in [-0.3, -0.25) is 10.1 Å². The van der Waals surface area contributed by atoms with Crippen molar-refractivity contribution in [2.75, 3.05) is 11.9 Å². The van der Waals surface area contributed by atoms with Crippen molar-refractivity contribution in [3.05, 3.63) is 33.4 Å². The van der Waals surface area contributed by atoms with E-state index in [2.05, 4.69) is 17.6 Å². The molecule has 116 valence electrons. The average molecular weight is 291 g/mol. The predicted molar refractivity (Wildman–Crippen MR) is 85.9 cm³/mol. The molecule has 0 aromatic heterocycles. The molecule has 2 rings (SSSR count). The molecule has 0 radical (unpaired) electrons. The number of nitro groups is 1. The molecular formula is C16H25N3O2. The molecule has 1 aliphatic rings. The molecular weight excluding hydrogens is 266 g/mol. The third-order valence-corrected chi connectivity index (χ3v) is 4.19. The highest BCUT2D eigenvalue weighted by Gasteiger charge is 2.18. The molecule has 1 fully saturated rings. The van der Waals surface area contributed by atoms with Gasteiger partial charge < -0.3 is 10.6 Å². The highest BCUT2D eigenvalue weighted by atomic mass is 16.6. The van der Waals surface area contributed by atoms with E-state index in [4.69, 9.17) is 0 Å². The van der Waals surface area contributed by atoms with Crippen LogP contribution in [0.15, 0.2) is 12.1 Å². The molecule has 0 aliphatic carbocycles. The molecule has 1 saturated heterocycles. The second-order valence-corrected chi connectivity index (χ2v) is 6.14. The zero-order valence-electron chi connectivity index (χ0n) is 13.1. The topological polar surface area (TPSA) is 67.2 Å². The number of piperidine rings is 1. The summed E-state index contributed by atoms with van der Waals surface area (Å²) < 4.78 is 0. The Bertz CT molecular complexity index is 510. The number of anilines is 1. The van der Waals surface area contributed by atoms with Gasteiger partial charge in [-0.05, 0) is 58.2 Å². The van der Waals surface area contributed by atoms with E-state index in [9.17, 15) is 10.1 Å². The van der Waals surface area contributed by atoms with Gasteiger partial charge in [-0.15, -0.1) is 0 Å². The van der Waals surface area contributed by atoms with E-state index in [1.807, 2.05) is 13.0 Å². The van der Waals surface area contributed by atoms with Crippen molar-refractivity contribution < 1.29 is 4.92 Å². The standard InChI is InChI=1S/C16H25N3O2/c1-11-9-16(19(20)21)12(2)8-15(11)18-13(3)10-14-6-4-5-7-17-14/h8-9,13-14,17-18H,4-7,10H2,1-3H3. The van der Waals surface area contributed by atoms with E-state index < -0.39 is 0 Å². The fraction of sp³-hybridized carbons (Fsp3) is 0.625. The molecule has 0 spiro atoms. The Kier molecular flexibility index (Phi) is 5.17. The van der Waals surface area contributed by atoms with Crippen LogP contribution in [0.5, 0.6) is 0 Å². The van der Waals surface area contributed by atoms with Crippen LogP contribution in [0, 0.1) is 24.0 Å². The minimum atomic E-state index is -0.318. The smallest absolute Gasteiger partial charge is 0.272 e. The molecule has 1 aromatic rings. The van der Waals surface area contributed by atoms with Gasteiger partial charge in [0, 0.05) is 29.4 Å². The molecule has 1 aromatic carbocycles. The van der Waals surface area contributed by atoms with Crippen molar-refractivity contribution in [3.63, 3.8) is 0 Å². The second-order valence-electron chi connectivity index (χ2n) is 6.14. The normalized spacial score (nSPS) is 20.0. The molecule has 21 heavy (non-hydrogen) atoms. The number of aryl methyl sites for hydroxylation is 2. The third-order valence-electron chi connectivity index (χ3n) is 4.19. The van der Waals surface area contributed by atoms with Gasteiger partial charge in [-0.2, -0.15) is 0 Å². The summed E-state index contributed by atoms with van der Waals surface area (Å²) in [6.45, 7) is 7.00. The van der Waals surface area contributed by atoms with E-state index in [-0.39, 0.29) is 10.6 Å². The molecule has 2 unspecified atom stereocenters. The molecule has 2 atom stereocenters. The van der Waals surface area contributed by atoms with E-state index in [0.717, 1.165) is 24.2 Å². The number of hydrogen-bond donors (Lipinski definition) is 2. The maximum Gasteiger partial charge on any atom is 0.272 e. The number of nitrogens with zero attached hydrogens (tertiary/aromatic N) is 1. The van der Waals surface area contributed by atoms with Gasteiger partial charge in [0.05, 0.1) is 4.92 Å². The summed E-state index contributed by atoms with van der Waals surface area (Å²) in [5, 5.41) is 18.0. The molecule has 1 aliphatic heterocycles. The quantitative estimate of drug-likeness (QED) is 0.643. The van der Waals surface area contributed by atoms with Crippen LogP contribution in [-0.4, -0.2) is 23.6 Å². The van der Waals surface area contributed by atoms with Gasteiger partial charge in [-0.1, -0.05) is 6.42 Å². The van der Waals surface area contributed by atoms with E-state index in [1.165, 1.54) is 19.3 Å². The third kappa shape index (κ3) is 4.17. The lowest BCUT2D eigenvalue weighted by molar-refractivity contribution is -0.385. The summed E-state index contributed by atoms with van der Waals surface area (Å²) in [7, 11) is 0. The maximum absolute atomic E-state index is 10.9. The van der Waals surface area contributed by atoms with E-state index in [0.29, 0.717) is 17.6 Å². The van der Waals surface area contributed by atoms with Crippen molar-refractivity contribution in [2.24, 2.45) is 0 Å². The molecule has 2 N–H and O–H groups in total. The second kappa shape index (κ2) is 6.89. The largest absolute Gasteiger partial charge is 0.382 e. The summed E-state index contributed by atoms with van der Waals surface area (Å²) in [5.41, 5.74) is 2.83. The fourth-order valence-corrected chi connectivity index (χ4v) is 3.03. The Morgan fingerprint density at radius 3 is 2.76 bits per heavy atom. The SMILES string of the molecule is Cc1cc([N+](=O)[O-])c(C)cc1NC(C)CC1CCCCN1. The lowest BCUT2D eigenvalue weighted by Gasteiger charge is -2.27.